The van der Waals surface area contributed by atoms with E-state index >= 15 is 0 Å². The highest BCUT2D eigenvalue weighted by Gasteiger charge is 2.32. The number of nitrogens with zero attached hydrogens (tertiary/aromatic N) is 1. The number of hydrogen-bond acceptors (Lipinski definition) is 7. The van der Waals surface area contributed by atoms with E-state index in [2.05, 4.69) is 14.2 Å². The van der Waals surface area contributed by atoms with E-state index < -0.39 is 34.6 Å². The Hall–Kier alpha value is -1.39. The molecule has 122 valence electrons. The van der Waals surface area contributed by atoms with Crippen molar-refractivity contribution < 1.29 is 32.6 Å². The van der Waals surface area contributed by atoms with Crippen molar-refractivity contribution in [2.45, 2.75) is 31.8 Å². The summed E-state index contributed by atoms with van der Waals surface area (Å²) < 4.78 is 34.7. The molecule has 1 fully saturated rings. The lowest BCUT2D eigenvalue weighted by Crippen LogP contribution is -2.51. The molecule has 0 aromatic carbocycles. The zero-order valence-corrected chi connectivity index (χ0v) is 12.8. The molecule has 0 spiro atoms. The van der Waals surface area contributed by atoms with E-state index in [0.717, 1.165) is 7.11 Å². The van der Waals surface area contributed by atoms with Crippen molar-refractivity contribution in [2.24, 2.45) is 0 Å². The first-order valence-corrected chi connectivity index (χ1v) is 8.05. The molecule has 0 saturated carbocycles. The predicted octanol–water partition coefficient (Wildman–Crippen LogP) is -0.982. The van der Waals surface area contributed by atoms with E-state index in [4.69, 9.17) is 5.11 Å². The van der Waals surface area contributed by atoms with Gasteiger partial charge in [-0.25, -0.2) is 17.9 Å². The standard InChI is InChI=1S/C11H20N2O7S/c1-8-5-9(3-4-13(8)11(16)20-7-14)12-21(17,18)6-10(15)19-2/h8-9,12,14H,3-7H2,1-2H3. The Kier molecular flexibility index (Phi) is 6.37. The van der Waals surface area contributed by atoms with Gasteiger partial charge < -0.3 is 19.5 Å². The zero-order valence-electron chi connectivity index (χ0n) is 11.9. The topological polar surface area (TPSA) is 122 Å². The summed E-state index contributed by atoms with van der Waals surface area (Å²) in [5.74, 6) is -1.57. The lowest BCUT2D eigenvalue weighted by Gasteiger charge is -2.36. The fourth-order valence-electron chi connectivity index (χ4n) is 2.20. The summed E-state index contributed by atoms with van der Waals surface area (Å²) in [6.45, 7) is 1.35. The third-order valence-electron chi connectivity index (χ3n) is 3.18. The van der Waals surface area contributed by atoms with Crippen molar-refractivity contribution in [1.82, 2.24) is 9.62 Å². The van der Waals surface area contributed by atoms with Crippen LogP contribution >= 0.6 is 0 Å². The minimum Gasteiger partial charge on any atom is -0.468 e. The van der Waals surface area contributed by atoms with E-state index in [9.17, 15) is 18.0 Å². The maximum absolute atomic E-state index is 11.7. The number of hydrogen-bond donors (Lipinski definition) is 2. The highest BCUT2D eigenvalue weighted by Crippen LogP contribution is 2.19. The number of nitrogens with one attached hydrogen (secondary N) is 1. The summed E-state index contributed by atoms with van der Waals surface area (Å²) in [6.07, 6.45) is 0.146. The summed E-state index contributed by atoms with van der Waals surface area (Å²) >= 11 is 0. The fraction of sp³-hybridized carbons (Fsp3) is 0.818. The summed E-state index contributed by atoms with van der Waals surface area (Å²) in [5.41, 5.74) is 0. The summed E-state index contributed by atoms with van der Waals surface area (Å²) in [6, 6.07) is -0.614. The van der Waals surface area contributed by atoms with Crippen molar-refractivity contribution in [3.63, 3.8) is 0 Å². The molecule has 1 rings (SSSR count). The Morgan fingerprint density at radius 2 is 2.10 bits per heavy atom. The third-order valence-corrected chi connectivity index (χ3v) is 4.49. The Bertz CT molecular complexity index is 479. The predicted molar refractivity (Wildman–Crippen MR) is 71.7 cm³/mol. The number of carbonyl (C=O) groups is 2. The molecule has 21 heavy (non-hydrogen) atoms. The summed E-state index contributed by atoms with van der Waals surface area (Å²) in [4.78, 5) is 24.0. The molecule has 2 unspecified atom stereocenters. The molecule has 10 heteroatoms. The van der Waals surface area contributed by atoms with Crippen molar-refractivity contribution in [3.05, 3.63) is 0 Å². The number of amides is 1. The first kappa shape index (κ1) is 17.7. The van der Waals surface area contributed by atoms with Gasteiger partial charge in [-0.05, 0) is 19.8 Å². The lowest BCUT2D eigenvalue weighted by molar-refractivity contribution is -0.137. The van der Waals surface area contributed by atoms with Gasteiger partial charge in [-0.3, -0.25) is 4.79 Å². The Balaban J connectivity index is 2.55. The highest BCUT2D eigenvalue weighted by atomic mass is 32.2. The van der Waals surface area contributed by atoms with Crippen LogP contribution in [-0.2, 0) is 24.3 Å². The molecular formula is C11H20N2O7S. The number of piperidine rings is 1. The van der Waals surface area contributed by atoms with Gasteiger partial charge >= 0.3 is 12.1 Å². The molecule has 0 bridgehead atoms. The number of aliphatic hydroxyl groups excluding tert-OH is 1. The van der Waals surface area contributed by atoms with E-state index in [1.165, 1.54) is 4.90 Å². The van der Waals surface area contributed by atoms with Gasteiger partial charge in [-0.15, -0.1) is 0 Å². The molecule has 1 heterocycles. The molecule has 2 N–H and O–H groups in total. The number of carbonyl (C=O) groups excluding carboxylic acids is 2. The van der Waals surface area contributed by atoms with Crippen LogP contribution in [0.3, 0.4) is 0 Å². The molecular weight excluding hydrogens is 304 g/mol. The number of rotatable bonds is 5. The first-order chi connectivity index (χ1) is 9.79. The van der Waals surface area contributed by atoms with Crippen LogP contribution in [0.2, 0.25) is 0 Å². The largest absolute Gasteiger partial charge is 0.468 e. The van der Waals surface area contributed by atoms with E-state index in [1.54, 1.807) is 6.92 Å². The number of methoxy groups -OCH3 is 1. The molecule has 1 aliphatic rings. The second kappa shape index (κ2) is 7.57. The van der Waals surface area contributed by atoms with Gasteiger partial charge in [-0.2, -0.15) is 0 Å². The molecule has 2 atom stereocenters. The SMILES string of the molecule is COC(=O)CS(=O)(=O)NC1CCN(C(=O)OCO)C(C)C1. The second-order valence-electron chi connectivity index (χ2n) is 4.76. The Morgan fingerprint density at radius 3 is 2.62 bits per heavy atom. The molecule has 1 amide bonds. The van der Waals surface area contributed by atoms with Crippen molar-refractivity contribution in [3.8, 4) is 0 Å². The van der Waals surface area contributed by atoms with Crippen LogP contribution in [-0.4, -0.2) is 68.8 Å². The van der Waals surface area contributed by atoms with Crippen LogP contribution in [0.4, 0.5) is 4.79 Å². The van der Waals surface area contributed by atoms with Gasteiger partial charge in [0.2, 0.25) is 10.0 Å². The summed E-state index contributed by atoms with van der Waals surface area (Å²) in [7, 11) is -2.65. The fourth-order valence-corrected chi connectivity index (χ4v) is 3.43. The van der Waals surface area contributed by atoms with Crippen LogP contribution in [0.25, 0.3) is 0 Å². The number of ether oxygens (including phenoxy) is 2. The van der Waals surface area contributed by atoms with Gasteiger partial charge in [0.1, 0.15) is 0 Å². The molecule has 1 aliphatic heterocycles. The quantitative estimate of drug-likeness (QED) is 0.492. The number of esters is 1. The van der Waals surface area contributed by atoms with Crippen molar-refractivity contribution >= 4 is 22.1 Å². The van der Waals surface area contributed by atoms with E-state index in [1.807, 2.05) is 0 Å². The van der Waals surface area contributed by atoms with Crippen LogP contribution < -0.4 is 4.72 Å². The van der Waals surface area contributed by atoms with Gasteiger partial charge in [0.05, 0.1) is 7.11 Å². The van der Waals surface area contributed by atoms with E-state index in [-0.39, 0.29) is 12.1 Å². The number of likely N-dealkylation sites (tertiary alicyclic amines) is 1. The van der Waals surface area contributed by atoms with E-state index in [0.29, 0.717) is 19.4 Å². The van der Waals surface area contributed by atoms with Crippen molar-refractivity contribution in [1.29, 1.82) is 0 Å². The normalized spacial score (nSPS) is 22.7. The molecule has 9 nitrogen and oxygen atoms in total. The first-order valence-electron chi connectivity index (χ1n) is 6.40. The van der Waals surface area contributed by atoms with Crippen LogP contribution in [0.5, 0.6) is 0 Å². The summed E-state index contributed by atoms with van der Waals surface area (Å²) in [5, 5.41) is 8.56. The average Bonchev–Trinajstić information content (AvgIpc) is 2.37. The molecule has 0 radical (unpaired) electrons. The van der Waals surface area contributed by atoms with Crippen LogP contribution in [0.1, 0.15) is 19.8 Å². The monoisotopic (exact) mass is 324 g/mol. The molecule has 1 saturated heterocycles. The second-order valence-corrected chi connectivity index (χ2v) is 6.51. The van der Waals surface area contributed by atoms with Gasteiger partial charge in [0.15, 0.2) is 12.5 Å². The maximum atomic E-state index is 11.7. The lowest BCUT2D eigenvalue weighted by atomic mass is 10.00. The number of aliphatic hydroxyl groups is 1. The molecule has 0 aliphatic carbocycles. The van der Waals surface area contributed by atoms with Gasteiger partial charge in [0.25, 0.3) is 0 Å². The van der Waals surface area contributed by atoms with Gasteiger partial charge in [-0.1, -0.05) is 0 Å². The van der Waals surface area contributed by atoms with Crippen LogP contribution in [0.15, 0.2) is 0 Å². The van der Waals surface area contributed by atoms with Crippen molar-refractivity contribution in [2.75, 3.05) is 26.2 Å². The minimum atomic E-state index is -3.76. The number of sulfonamides is 1. The highest BCUT2D eigenvalue weighted by molar-refractivity contribution is 7.90. The Morgan fingerprint density at radius 1 is 1.43 bits per heavy atom. The molecule has 0 aromatic heterocycles. The third kappa shape index (κ3) is 5.48. The smallest absolute Gasteiger partial charge is 0.412 e. The van der Waals surface area contributed by atoms with Gasteiger partial charge in [0, 0.05) is 18.6 Å². The zero-order chi connectivity index (χ0) is 16.0. The van der Waals surface area contributed by atoms with Crippen LogP contribution in [0, 0.1) is 0 Å². The maximum Gasteiger partial charge on any atom is 0.412 e. The minimum absolute atomic E-state index is 0.247. The average molecular weight is 324 g/mol. The Labute approximate surface area is 123 Å². The molecule has 0 aromatic rings.